The number of rotatable bonds is 5. The molecule has 0 aliphatic carbocycles. The lowest BCUT2D eigenvalue weighted by molar-refractivity contribution is 0.0482. The van der Waals surface area contributed by atoms with E-state index < -0.39 is 5.82 Å². The molecule has 0 radical (unpaired) electrons. The first-order valence-electron chi connectivity index (χ1n) is 4.32. The van der Waals surface area contributed by atoms with Gasteiger partial charge in [0.15, 0.2) is 18.4 Å². The Labute approximate surface area is 82.4 Å². The molecule has 14 heavy (non-hydrogen) atoms. The topological polar surface area (TPSA) is 27.7 Å². The van der Waals surface area contributed by atoms with E-state index >= 15 is 0 Å². The minimum atomic E-state index is -0.451. The molecule has 0 saturated carbocycles. The maximum Gasteiger partial charge on any atom is 0.188 e. The molecular weight excluding hydrogens is 187 g/mol. The fourth-order valence-corrected chi connectivity index (χ4v) is 0.977. The van der Waals surface area contributed by atoms with Gasteiger partial charge < -0.3 is 14.2 Å². The molecule has 0 saturated heterocycles. The van der Waals surface area contributed by atoms with Crippen LogP contribution in [0.25, 0.3) is 0 Å². The Kier molecular flexibility index (Phi) is 4.19. The van der Waals surface area contributed by atoms with Crippen molar-refractivity contribution in [2.24, 2.45) is 0 Å². The maximum atomic E-state index is 13.2. The van der Waals surface area contributed by atoms with Crippen LogP contribution in [0.3, 0.4) is 0 Å². The first-order chi connectivity index (χ1) is 6.77. The van der Waals surface area contributed by atoms with Crippen LogP contribution in [0.4, 0.5) is 4.39 Å². The molecule has 1 aromatic carbocycles. The van der Waals surface area contributed by atoms with E-state index in [9.17, 15) is 4.39 Å². The second-order valence-electron chi connectivity index (χ2n) is 2.58. The van der Waals surface area contributed by atoms with Crippen molar-refractivity contribution in [1.29, 1.82) is 0 Å². The molecule has 0 atom stereocenters. The molecule has 0 unspecified atom stereocenters. The lowest BCUT2D eigenvalue weighted by atomic mass is 10.3. The van der Waals surface area contributed by atoms with Gasteiger partial charge in [-0.1, -0.05) is 0 Å². The molecule has 4 heteroatoms. The zero-order chi connectivity index (χ0) is 10.4. The molecule has 0 spiro atoms. The van der Waals surface area contributed by atoms with Gasteiger partial charge in [0.05, 0.1) is 6.61 Å². The van der Waals surface area contributed by atoms with Crippen molar-refractivity contribution in [2.45, 2.75) is 6.92 Å². The van der Waals surface area contributed by atoms with E-state index in [1.54, 1.807) is 6.07 Å². The van der Waals surface area contributed by atoms with Crippen LogP contribution in [0.2, 0.25) is 0 Å². The first kappa shape index (κ1) is 10.8. The summed E-state index contributed by atoms with van der Waals surface area (Å²) < 4.78 is 28.0. The highest BCUT2D eigenvalue weighted by Crippen LogP contribution is 2.22. The van der Waals surface area contributed by atoms with Gasteiger partial charge in [-0.15, -0.1) is 0 Å². The van der Waals surface area contributed by atoms with Crippen LogP contribution in [-0.4, -0.2) is 20.5 Å². The Hall–Kier alpha value is -1.29. The van der Waals surface area contributed by atoms with E-state index in [1.807, 2.05) is 6.92 Å². The third-order valence-electron chi connectivity index (χ3n) is 1.55. The predicted molar refractivity (Wildman–Crippen MR) is 50.1 cm³/mol. The van der Waals surface area contributed by atoms with Crippen LogP contribution in [-0.2, 0) is 4.74 Å². The van der Waals surface area contributed by atoms with E-state index in [4.69, 9.17) is 9.47 Å². The standard InChI is InChI=1S/C10H13FO3/c1-3-13-8-4-5-10(9(11)6-8)14-7-12-2/h4-6H,3,7H2,1-2H3. The van der Waals surface area contributed by atoms with Crippen molar-refractivity contribution in [3.63, 3.8) is 0 Å². The molecule has 0 fully saturated rings. The van der Waals surface area contributed by atoms with Crippen LogP contribution in [0.5, 0.6) is 11.5 Å². The summed E-state index contributed by atoms with van der Waals surface area (Å²) in [5, 5.41) is 0. The van der Waals surface area contributed by atoms with Gasteiger partial charge in [0, 0.05) is 13.2 Å². The normalized spacial score (nSPS) is 9.93. The van der Waals surface area contributed by atoms with Gasteiger partial charge in [0.2, 0.25) is 0 Å². The largest absolute Gasteiger partial charge is 0.494 e. The number of methoxy groups -OCH3 is 1. The van der Waals surface area contributed by atoms with Crippen molar-refractivity contribution in [2.75, 3.05) is 20.5 Å². The number of hydrogen-bond acceptors (Lipinski definition) is 3. The maximum absolute atomic E-state index is 13.2. The zero-order valence-corrected chi connectivity index (χ0v) is 8.25. The molecule has 0 N–H and O–H groups in total. The second-order valence-corrected chi connectivity index (χ2v) is 2.58. The van der Waals surface area contributed by atoms with Gasteiger partial charge in [-0.2, -0.15) is 0 Å². The first-order valence-corrected chi connectivity index (χ1v) is 4.32. The highest BCUT2D eigenvalue weighted by Gasteiger charge is 2.04. The SMILES string of the molecule is CCOc1ccc(OCOC)c(F)c1. The third-order valence-corrected chi connectivity index (χ3v) is 1.55. The number of halogens is 1. The lowest BCUT2D eigenvalue weighted by Gasteiger charge is -2.07. The van der Waals surface area contributed by atoms with Crippen LogP contribution >= 0.6 is 0 Å². The third kappa shape index (κ3) is 2.88. The number of benzene rings is 1. The molecule has 0 aromatic heterocycles. The van der Waals surface area contributed by atoms with E-state index in [-0.39, 0.29) is 12.5 Å². The highest BCUT2D eigenvalue weighted by atomic mass is 19.1. The fraction of sp³-hybridized carbons (Fsp3) is 0.400. The molecule has 78 valence electrons. The molecule has 1 aromatic rings. The summed E-state index contributed by atoms with van der Waals surface area (Å²) in [5.41, 5.74) is 0. The van der Waals surface area contributed by atoms with Crippen molar-refractivity contribution >= 4 is 0 Å². The lowest BCUT2D eigenvalue weighted by Crippen LogP contribution is -2.01. The molecule has 0 amide bonds. The predicted octanol–water partition coefficient (Wildman–Crippen LogP) is 2.21. The Bertz CT molecular complexity index is 289. The van der Waals surface area contributed by atoms with Gasteiger partial charge in [-0.25, -0.2) is 4.39 Å². The molecule has 0 aliphatic heterocycles. The van der Waals surface area contributed by atoms with Gasteiger partial charge in [0.25, 0.3) is 0 Å². The van der Waals surface area contributed by atoms with E-state index in [2.05, 4.69) is 4.74 Å². The summed E-state index contributed by atoms with van der Waals surface area (Å²) in [7, 11) is 1.48. The molecule has 3 nitrogen and oxygen atoms in total. The summed E-state index contributed by atoms with van der Waals surface area (Å²) in [4.78, 5) is 0. The Morgan fingerprint density at radius 2 is 2.07 bits per heavy atom. The second kappa shape index (κ2) is 5.44. The number of ether oxygens (including phenoxy) is 3. The molecule has 0 bridgehead atoms. The van der Waals surface area contributed by atoms with Gasteiger partial charge in [0.1, 0.15) is 5.75 Å². The average molecular weight is 200 g/mol. The Morgan fingerprint density at radius 3 is 2.64 bits per heavy atom. The van der Waals surface area contributed by atoms with Gasteiger partial charge >= 0.3 is 0 Å². The number of hydrogen-bond donors (Lipinski definition) is 0. The van der Waals surface area contributed by atoms with Crippen LogP contribution in [0.15, 0.2) is 18.2 Å². The molecular formula is C10H13FO3. The smallest absolute Gasteiger partial charge is 0.188 e. The summed E-state index contributed by atoms with van der Waals surface area (Å²) >= 11 is 0. The summed E-state index contributed by atoms with van der Waals surface area (Å²) in [6.45, 7) is 2.38. The van der Waals surface area contributed by atoms with E-state index in [0.29, 0.717) is 12.4 Å². The summed E-state index contributed by atoms with van der Waals surface area (Å²) in [5.74, 6) is 0.207. The van der Waals surface area contributed by atoms with Crippen molar-refractivity contribution in [3.05, 3.63) is 24.0 Å². The van der Waals surface area contributed by atoms with Crippen molar-refractivity contribution in [3.8, 4) is 11.5 Å². The minimum absolute atomic E-state index is 0.0326. The zero-order valence-electron chi connectivity index (χ0n) is 8.25. The summed E-state index contributed by atoms with van der Waals surface area (Å²) in [6.07, 6.45) is 0. The van der Waals surface area contributed by atoms with E-state index in [1.165, 1.54) is 19.2 Å². The van der Waals surface area contributed by atoms with Crippen LogP contribution in [0, 0.1) is 5.82 Å². The van der Waals surface area contributed by atoms with E-state index in [0.717, 1.165) is 0 Å². The van der Waals surface area contributed by atoms with Gasteiger partial charge in [-0.05, 0) is 19.1 Å². The van der Waals surface area contributed by atoms with Crippen LogP contribution < -0.4 is 9.47 Å². The Balaban J connectivity index is 2.68. The highest BCUT2D eigenvalue weighted by molar-refractivity contribution is 5.32. The minimum Gasteiger partial charge on any atom is -0.494 e. The van der Waals surface area contributed by atoms with Gasteiger partial charge in [-0.3, -0.25) is 0 Å². The Morgan fingerprint density at radius 1 is 1.29 bits per heavy atom. The molecule has 1 rings (SSSR count). The van der Waals surface area contributed by atoms with Crippen LogP contribution in [0.1, 0.15) is 6.92 Å². The van der Waals surface area contributed by atoms with Crippen molar-refractivity contribution < 1.29 is 18.6 Å². The molecule has 0 aliphatic rings. The van der Waals surface area contributed by atoms with Crippen molar-refractivity contribution in [1.82, 2.24) is 0 Å². The molecule has 0 heterocycles. The fourth-order valence-electron chi connectivity index (χ4n) is 0.977. The average Bonchev–Trinajstić information content (AvgIpc) is 2.17. The summed E-state index contributed by atoms with van der Waals surface area (Å²) in [6, 6.07) is 4.45. The monoisotopic (exact) mass is 200 g/mol. The quantitative estimate of drug-likeness (QED) is 0.682.